The van der Waals surface area contributed by atoms with Gasteiger partial charge in [0.2, 0.25) is 0 Å². The van der Waals surface area contributed by atoms with Crippen LogP contribution in [0.25, 0.3) is 10.9 Å². The standard InChI is InChI=1S/C27H24N2O4/c30-27(31)17-16-26(21-6-2-1-3-7-21)29-33-18-20-10-14-24(15-11-20)32-19-23-13-12-22-8-4-5-9-25(22)28-23/h1-15H,16-19H2,(H,30,31). The summed E-state index contributed by atoms with van der Waals surface area (Å²) in [6, 6.07) is 29.0. The van der Waals surface area contributed by atoms with Gasteiger partial charge in [0.1, 0.15) is 19.0 Å². The smallest absolute Gasteiger partial charge is 0.303 e. The van der Waals surface area contributed by atoms with Gasteiger partial charge < -0.3 is 14.7 Å². The summed E-state index contributed by atoms with van der Waals surface area (Å²) in [5.41, 5.74) is 4.21. The van der Waals surface area contributed by atoms with Gasteiger partial charge in [-0.2, -0.15) is 0 Å². The lowest BCUT2D eigenvalue weighted by atomic mass is 10.1. The van der Waals surface area contributed by atoms with Gasteiger partial charge >= 0.3 is 5.97 Å². The molecule has 0 aliphatic carbocycles. The number of carboxylic acids is 1. The fraction of sp³-hybridized carbons (Fsp3) is 0.148. The van der Waals surface area contributed by atoms with E-state index in [0.717, 1.165) is 33.5 Å². The van der Waals surface area contributed by atoms with Crippen molar-refractivity contribution in [3.63, 3.8) is 0 Å². The number of para-hydroxylation sites is 1. The molecule has 166 valence electrons. The van der Waals surface area contributed by atoms with E-state index in [0.29, 0.717) is 18.7 Å². The van der Waals surface area contributed by atoms with Crippen LogP contribution in [0.1, 0.15) is 29.7 Å². The Morgan fingerprint density at radius 2 is 1.58 bits per heavy atom. The van der Waals surface area contributed by atoms with Gasteiger partial charge in [0.25, 0.3) is 0 Å². The minimum absolute atomic E-state index is 0.00477. The quantitative estimate of drug-likeness (QED) is 0.256. The van der Waals surface area contributed by atoms with Crippen LogP contribution in [0.15, 0.2) is 96.2 Å². The Balaban J connectivity index is 1.33. The van der Waals surface area contributed by atoms with Crippen molar-refractivity contribution in [3.8, 4) is 5.75 Å². The molecule has 1 heterocycles. The first-order valence-corrected chi connectivity index (χ1v) is 10.7. The van der Waals surface area contributed by atoms with E-state index in [1.807, 2.05) is 91.0 Å². The molecule has 6 nitrogen and oxygen atoms in total. The van der Waals surface area contributed by atoms with Gasteiger partial charge in [0, 0.05) is 11.8 Å². The molecular weight excluding hydrogens is 416 g/mol. The molecular formula is C27H24N2O4. The molecule has 0 amide bonds. The van der Waals surface area contributed by atoms with Gasteiger partial charge in [-0.3, -0.25) is 4.79 Å². The maximum absolute atomic E-state index is 11.0. The van der Waals surface area contributed by atoms with Crippen LogP contribution < -0.4 is 4.74 Å². The minimum Gasteiger partial charge on any atom is -0.487 e. The first-order valence-electron chi connectivity index (χ1n) is 10.7. The predicted octanol–water partition coefficient (Wildman–Crippen LogP) is 5.60. The molecule has 33 heavy (non-hydrogen) atoms. The van der Waals surface area contributed by atoms with E-state index in [-0.39, 0.29) is 13.0 Å². The Kier molecular flexibility index (Phi) is 7.28. The molecule has 3 aromatic carbocycles. The maximum atomic E-state index is 11.0. The molecule has 0 atom stereocenters. The number of hydrogen-bond donors (Lipinski definition) is 1. The summed E-state index contributed by atoms with van der Waals surface area (Å²) in [6.45, 7) is 0.658. The number of nitrogens with zero attached hydrogens (tertiary/aromatic N) is 2. The van der Waals surface area contributed by atoms with Crippen molar-refractivity contribution in [2.45, 2.75) is 26.1 Å². The molecule has 1 N–H and O–H groups in total. The molecule has 0 aliphatic heterocycles. The third-order valence-electron chi connectivity index (χ3n) is 5.05. The first-order chi connectivity index (χ1) is 16.2. The van der Waals surface area contributed by atoms with Crippen molar-refractivity contribution in [1.82, 2.24) is 4.98 Å². The van der Waals surface area contributed by atoms with E-state index in [1.165, 1.54) is 0 Å². The predicted molar refractivity (Wildman–Crippen MR) is 127 cm³/mol. The van der Waals surface area contributed by atoms with E-state index >= 15 is 0 Å². The van der Waals surface area contributed by atoms with Crippen LogP contribution >= 0.6 is 0 Å². The van der Waals surface area contributed by atoms with Crippen molar-refractivity contribution in [2.24, 2.45) is 5.16 Å². The van der Waals surface area contributed by atoms with Crippen LogP contribution in [0.2, 0.25) is 0 Å². The number of aromatic nitrogens is 1. The van der Waals surface area contributed by atoms with Gasteiger partial charge in [-0.05, 0) is 35.4 Å². The molecule has 0 radical (unpaired) electrons. The summed E-state index contributed by atoms with van der Waals surface area (Å²) < 4.78 is 5.86. The number of hydrogen-bond acceptors (Lipinski definition) is 5. The number of pyridine rings is 1. The highest BCUT2D eigenvalue weighted by molar-refractivity contribution is 6.01. The van der Waals surface area contributed by atoms with Gasteiger partial charge in [-0.1, -0.05) is 71.9 Å². The topological polar surface area (TPSA) is 81.0 Å². The summed E-state index contributed by atoms with van der Waals surface area (Å²) in [5, 5.41) is 14.3. The Morgan fingerprint density at radius 1 is 0.818 bits per heavy atom. The van der Waals surface area contributed by atoms with Gasteiger partial charge in [-0.25, -0.2) is 4.98 Å². The number of carboxylic acid groups (broad SMARTS) is 1. The lowest BCUT2D eigenvalue weighted by Crippen LogP contribution is -2.06. The van der Waals surface area contributed by atoms with E-state index in [2.05, 4.69) is 10.1 Å². The summed E-state index contributed by atoms with van der Waals surface area (Å²) >= 11 is 0. The molecule has 4 rings (SSSR count). The second kappa shape index (κ2) is 10.9. The monoisotopic (exact) mass is 440 g/mol. The number of fused-ring (bicyclic) bond motifs is 1. The second-order valence-corrected chi connectivity index (χ2v) is 7.50. The summed E-state index contributed by atoms with van der Waals surface area (Å²) in [6.07, 6.45) is 0.296. The molecule has 0 spiro atoms. The highest BCUT2D eigenvalue weighted by Gasteiger charge is 2.08. The van der Waals surface area contributed by atoms with E-state index < -0.39 is 5.97 Å². The van der Waals surface area contributed by atoms with Crippen molar-refractivity contribution < 1.29 is 19.5 Å². The fourth-order valence-electron chi connectivity index (χ4n) is 3.31. The zero-order valence-corrected chi connectivity index (χ0v) is 18.1. The fourth-order valence-corrected chi connectivity index (χ4v) is 3.31. The molecule has 1 aromatic heterocycles. The number of benzene rings is 3. The van der Waals surface area contributed by atoms with E-state index in [9.17, 15) is 4.79 Å². The third-order valence-corrected chi connectivity index (χ3v) is 5.05. The Morgan fingerprint density at radius 3 is 2.36 bits per heavy atom. The zero-order chi connectivity index (χ0) is 22.9. The SMILES string of the molecule is O=C(O)CCC(=NOCc1ccc(OCc2ccc3ccccc3n2)cc1)c1ccccc1. The molecule has 0 aliphatic rings. The molecule has 6 heteroatoms. The first kappa shape index (κ1) is 22.0. The van der Waals surface area contributed by atoms with Crippen LogP contribution in [0.3, 0.4) is 0 Å². The van der Waals surface area contributed by atoms with E-state index in [1.54, 1.807) is 0 Å². The highest BCUT2D eigenvalue weighted by Crippen LogP contribution is 2.17. The lowest BCUT2D eigenvalue weighted by molar-refractivity contribution is -0.136. The summed E-state index contributed by atoms with van der Waals surface area (Å²) in [7, 11) is 0. The van der Waals surface area contributed by atoms with Gasteiger partial charge in [0.05, 0.1) is 23.3 Å². The zero-order valence-electron chi connectivity index (χ0n) is 18.1. The summed E-state index contributed by atoms with van der Waals surface area (Å²) in [4.78, 5) is 21.1. The molecule has 0 saturated carbocycles. The molecule has 0 unspecified atom stereocenters. The molecule has 4 aromatic rings. The van der Waals surface area contributed by atoms with Crippen molar-refractivity contribution in [3.05, 3.63) is 108 Å². The molecule has 0 bridgehead atoms. The second-order valence-electron chi connectivity index (χ2n) is 7.50. The summed E-state index contributed by atoms with van der Waals surface area (Å²) in [5.74, 6) is -0.128. The Bertz CT molecular complexity index is 1240. The third kappa shape index (κ3) is 6.40. The normalized spacial score (nSPS) is 11.3. The average molecular weight is 440 g/mol. The van der Waals surface area contributed by atoms with Gasteiger partial charge in [0.15, 0.2) is 0 Å². The lowest BCUT2D eigenvalue weighted by Gasteiger charge is -2.08. The van der Waals surface area contributed by atoms with Crippen LogP contribution in [-0.2, 0) is 22.8 Å². The van der Waals surface area contributed by atoms with Crippen LogP contribution in [0.4, 0.5) is 0 Å². The maximum Gasteiger partial charge on any atom is 0.303 e. The van der Waals surface area contributed by atoms with Crippen molar-refractivity contribution >= 4 is 22.6 Å². The van der Waals surface area contributed by atoms with Crippen LogP contribution in [-0.4, -0.2) is 21.8 Å². The van der Waals surface area contributed by atoms with Crippen LogP contribution in [0.5, 0.6) is 5.75 Å². The Labute approximate surface area is 192 Å². The number of rotatable bonds is 10. The highest BCUT2D eigenvalue weighted by atomic mass is 16.6. The van der Waals surface area contributed by atoms with Crippen LogP contribution in [0, 0.1) is 0 Å². The number of aliphatic carboxylic acids is 1. The minimum atomic E-state index is -0.867. The van der Waals surface area contributed by atoms with E-state index in [4.69, 9.17) is 14.7 Å². The van der Waals surface area contributed by atoms with Crippen molar-refractivity contribution in [1.29, 1.82) is 0 Å². The van der Waals surface area contributed by atoms with Gasteiger partial charge in [-0.15, -0.1) is 0 Å². The largest absolute Gasteiger partial charge is 0.487 e. The van der Waals surface area contributed by atoms with Crippen molar-refractivity contribution in [2.75, 3.05) is 0 Å². The number of ether oxygens (including phenoxy) is 1. The Hall–Kier alpha value is -4.19. The molecule has 0 saturated heterocycles. The average Bonchev–Trinajstić information content (AvgIpc) is 2.86. The molecule has 0 fully saturated rings. The number of oxime groups is 1. The number of carbonyl (C=O) groups is 1.